The number of rotatable bonds is 6. The lowest BCUT2D eigenvalue weighted by atomic mass is 9.95. The number of nitrogens with one attached hydrogen (secondary N) is 1. The number of carbonyl (C=O) groups excluding carboxylic acids is 1. The number of halogens is 1. The molecule has 0 spiro atoms. The summed E-state index contributed by atoms with van der Waals surface area (Å²) in [7, 11) is 0. The van der Waals surface area contributed by atoms with Crippen molar-refractivity contribution in [2.45, 2.75) is 31.8 Å². The molecule has 1 amide bonds. The molecule has 5 rings (SSSR count). The average Bonchev–Trinajstić information content (AvgIpc) is 3.55. The van der Waals surface area contributed by atoms with Gasteiger partial charge in [-0.25, -0.2) is 4.98 Å². The smallest absolute Gasteiger partial charge is 0.261 e. The number of ether oxygens (including phenoxy) is 1. The van der Waals surface area contributed by atoms with Crippen molar-refractivity contribution >= 4 is 23.3 Å². The van der Waals surface area contributed by atoms with Crippen LogP contribution in [-0.4, -0.2) is 53.4 Å². The molecule has 172 valence electrons. The minimum Gasteiger partial charge on any atom is -0.376 e. The first-order valence-electron chi connectivity index (χ1n) is 11.4. The maximum absolute atomic E-state index is 12.6. The third-order valence-electron chi connectivity index (χ3n) is 6.22. The van der Waals surface area contributed by atoms with Crippen LogP contribution < -0.4 is 10.2 Å². The van der Waals surface area contributed by atoms with Gasteiger partial charge < -0.3 is 19.5 Å². The lowest BCUT2D eigenvalue weighted by Gasteiger charge is -2.33. The van der Waals surface area contributed by atoms with E-state index in [-0.39, 0.29) is 17.9 Å². The molecule has 1 aromatic carbocycles. The van der Waals surface area contributed by atoms with E-state index in [4.69, 9.17) is 20.9 Å². The van der Waals surface area contributed by atoms with Crippen molar-refractivity contribution in [2.24, 2.45) is 5.92 Å². The fourth-order valence-corrected chi connectivity index (χ4v) is 4.60. The molecule has 33 heavy (non-hydrogen) atoms. The maximum atomic E-state index is 12.6. The largest absolute Gasteiger partial charge is 0.376 e. The van der Waals surface area contributed by atoms with E-state index in [1.54, 1.807) is 18.3 Å². The van der Waals surface area contributed by atoms with Crippen LogP contribution in [0.25, 0.3) is 22.8 Å². The van der Waals surface area contributed by atoms with Crippen molar-refractivity contribution in [3.8, 4) is 22.8 Å². The summed E-state index contributed by atoms with van der Waals surface area (Å²) in [6.45, 7) is 2.87. The number of amides is 1. The minimum atomic E-state index is 0.00708. The number of pyridine rings is 1. The Bertz CT molecular complexity index is 1110. The van der Waals surface area contributed by atoms with Gasteiger partial charge in [0.05, 0.1) is 11.7 Å². The summed E-state index contributed by atoms with van der Waals surface area (Å²) in [4.78, 5) is 24.0. The fourth-order valence-electron chi connectivity index (χ4n) is 4.41. The van der Waals surface area contributed by atoms with Crippen LogP contribution in [0.3, 0.4) is 0 Å². The zero-order valence-electron chi connectivity index (χ0n) is 18.2. The number of piperidine rings is 1. The molecule has 4 heterocycles. The lowest BCUT2D eigenvalue weighted by molar-refractivity contribution is -0.126. The van der Waals surface area contributed by atoms with Gasteiger partial charge in [-0.05, 0) is 49.9 Å². The number of benzene rings is 1. The molecule has 0 saturated carbocycles. The number of hydrogen-bond acceptors (Lipinski definition) is 7. The van der Waals surface area contributed by atoms with Gasteiger partial charge in [-0.15, -0.1) is 0 Å². The van der Waals surface area contributed by atoms with Gasteiger partial charge in [-0.2, -0.15) is 4.98 Å². The highest BCUT2D eigenvalue weighted by atomic mass is 35.5. The average molecular weight is 468 g/mol. The number of nitrogens with zero attached hydrogens (tertiary/aromatic N) is 4. The maximum Gasteiger partial charge on any atom is 0.261 e. The quantitative estimate of drug-likeness (QED) is 0.586. The van der Waals surface area contributed by atoms with Crippen LogP contribution in [0.5, 0.6) is 0 Å². The van der Waals surface area contributed by atoms with E-state index in [9.17, 15) is 4.79 Å². The van der Waals surface area contributed by atoms with Crippen LogP contribution in [0.2, 0.25) is 5.02 Å². The number of carbonyl (C=O) groups is 1. The van der Waals surface area contributed by atoms with E-state index >= 15 is 0 Å². The normalized spacial score (nSPS) is 19.1. The van der Waals surface area contributed by atoms with Crippen LogP contribution in [-0.2, 0) is 9.53 Å². The van der Waals surface area contributed by atoms with Crippen LogP contribution in [0.15, 0.2) is 47.1 Å². The Morgan fingerprint density at radius 1 is 1.18 bits per heavy atom. The number of anilines is 1. The van der Waals surface area contributed by atoms with Crippen LogP contribution >= 0.6 is 11.6 Å². The van der Waals surface area contributed by atoms with Gasteiger partial charge in [0.2, 0.25) is 11.7 Å². The Morgan fingerprint density at radius 2 is 2.06 bits per heavy atom. The third-order valence-corrected chi connectivity index (χ3v) is 6.45. The number of hydrogen-bond donors (Lipinski definition) is 1. The highest BCUT2D eigenvalue weighted by molar-refractivity contribution is 6.30. The van der Waals surface area contributed by atoms with E-state index in [1.807, 2.05) is 24.3 Å². The fraction of sp³-hybridized carbons (Fsp3) is 0.417. The topological polar surface area (TPSA) is 93.4 Å². The highest BCUT2D eigenvalue weighted by Gasteiger charge is 2.28. The standard InChI is InChI=1S/C24H26ClN5O3/c25-18-5-1-4-17(14-18)21-28-24(33-29-21)20-7-2-10-26-22(20)30-11-8-16(9-12-30)23(31)27-15-19-6-3-13-32-19/h1-2,4-5,7,10,14,16,19H,3,6,8-9,11-13,15H2,(H,27,31). The van der Waals surface area contributed by atoms with Crippen molar-refractivity contribution in [1.82, 2.24) is 20.4 Å². The molecule has 1 unspecified atom stereocenters. The van der Waals surface area contributed by atoms with Crippen LogP contribution in [0, 0.1) is 5.92 Å². The summed E-state index contributed by atoms with van der Waals surface area (Å²) in [6, 6.07) is 11.1. The first-order chi connectivity index (χ1) is 16.2. The first-order valence-corrected chi connectivity index (χ1v) is 11.7. The molecule has 0 radical (unpaired) electrons. The molecule has 0 bridgehead atoms. The molecule has 1 N–H and O–H groups in total. The monoisotopic (exact) mass is 467 g/mol. The van der Waals surface area contributed by atoms with Gasteiger partial charge in [0.25, 0.3) is 5.89 Å². The van der Waals surface area contributed by atoms with E-state index in [0.717, 1.165) is 62.3 Å². The van der Waals surface area contributed by atoms with Crippen LogP contribution in [0.1, 0.15) is 25.7 Å². The molecular formula is C24H26ClN5O3. The van der Waals surface area contributed by atoms with Crippen molar-refractivity contribution in [3.05, 3.63) is 47.6 Å². The second-order valence-corrected chi connectivity index (χ2v) is 8.89. The highest BCUT2D eigenvalue weighted by Crippen LogP contribution is 2.32. The molecule has 9 heteroatoms. The van der Waals surface area contributed by atoms with Crippen molar-refractivity contribution in [3.63, 3.8) is 0 Å². The second kappa shape index (κ2) is 9.89. The predicted octanol–water partition coefficient (Wildman–Crippen LogP) is 3.96. The second-order valence-electron chi connectivity index (χ2n) is 8.45. The Kier molecular flexibility index (Phi) is 6.55. The third kappa shape index (κ3) is 5.02. The first kappa shape index (κ1) is 21.9. The Hall–Kier alpha value is -2.97. The summed E-state index contributed by atoms with van der Waals surface area (Å²) in [5, 5.41) is 7.81. The van der Waals surface area contributed by atoms with Crippen molar-refractivity contribution in [1.29, 1.82) is 0 Å². The Labute approximate surface area is 197 Å². The van der Waals surface area contributed by atoms with E-state index in [2.05, 4.69) is 25.3 Å². The summed E-state index contributed by atoms with van der Waals surface area (Å²) >= 11 is 6.09. The van der Waals surface area contributed by atoms with Gasteiger partial charge >= 0.3 is 0 Å². The predicted molar refractivity (Wildman–Crippen MR) is 125 cm³/mol. The van der Waals surface area contributed by atoms with E-state index in [0.29, 0.717) is 23.3 Å². The molecule has 2 fully saturated rings. The molecule has 0 aliphatic carbocycles. The minimum absolute atomic E-state index is 0.00708. The summed E-state index contributed by atoms with van der Waals surface area (Å²) in [5.41, 5.74) is 1.57. The molecule has 3 aromatic rings. The van der Waals surface area contributed by atoms with Crippen LogP contribution in [0.4, 0.5) is 5.82 Å². The van der Waals surface area contributed by atoms with Gasteiger partial charge in [-0.1, -0.05) is 28.9 Å². The molecule has 2 saturated heterocycles. The summed E-state index contributed by atoms with van der Waals surface area (Å²) < 4.78 is 11.2. The number of aromatic nitrogens is 3. The zero-order valence-corrected chi connectivity index (χ0v) is 19.0. The SMILES string of the molecule is O=C(NCC1CCCO1)C1CCN(c2ncccc2-c2nc(-c3cccc(Cl)c3)no2)CC1. The van der Waals surface area contributed by atoms with Gasteiger partial charge in [-0.3, -0.25) is 4.79 Å². The van der Waals surface area contributed by atoms with E-state index in [1.165, 1.54) is 0 Å². The molecule has 2 aromatic heterocycles. The molecule has 1 atom stereocenters. The molecule has 2 aliphatic heterocycles. The summed E-state index contributed by atoms with van der Waals surface area (Å²) in [5.74, 6) is 1.80. The van der Waals surface area contributed by atoms with Gasteiger partial charge in [0.1, 0.15) is 5.82 Å². The molecular weight excluding hydrogens is 442 g/mol. The Morgan fingerprint density at radius 3 is 2.85 bits per heavy atom. The van der Waals surface area contributed by atoms with Gasteiger partial charge in [0.15, 0.2) is 0 Å². The molecule has 2 aliphatic rings. The molecule has 8 nitrogen and oxygen atoms in total. The van der Waals surface area contributed by atoms with E-state index < -0.39 is 0 Å². The zero-order chi connectivity index (χ0) is 22.6. The van der Waals surface area contributed by atoms with Crippen molar-refractivity contribution in [2.75, 3.05) is 31.1 Å². The summed E-state index contributed by atoms with van der Waals surface area (Å²) in [6.07, 6.45) is 5.56. The Balaban J connectivity index is 1.25. The lowest BCUT2D eigenvalue weighted by Crippen LogP contribution is -2.42. The van der Waals surface area contributed by atoms with Crippen molar-refractivity contribution < 1.29 is 14.1 Å². The van der Waals surface area contributed by atoms with Gasteiger partial charge in [0, 0.05) is 48.9 Å².